The summed E-state index contributed by atoms with van der Waals surface area (Å²) in [5.74, 6) is 0.156. The Balaban J connectivity index is 1.38. The molecule has 0 unspecified atom stereocenters. The van der Waals surface area contributed by atoms with Crippen molar-refractivity contribution < 1.29 is 14.3 Å². The van der Waals surface area contributed by atoms with Crippen molar-refractivity contribution in [2.75, 3.05) is 25.0 Å². The second kappa shape index (κ2) is 9.99. The highest BCUT2D eigenvalue weighted by atomic mass is 35.5. The number of nitrogens with zero attached hydrogens (tertiary/aromatic N) is 3. The predicted octanol–water partition coefficient (Wildman–Crippen LogP) is 4.55. The van der Waals surface area contributed by atoms with Gasteiger partial charge in [0.25, 0.3) is 0 Å². The van der Waals surface area contributed by atoms with Crippen LogP contribution in [0.2, 0.25) is 5.02 Å². The van der Waals surface area contributed by atoms with E-state index in [0.717, 1.165) is 42.6 Å². The number of hydrogen-bond acceptors (Lipinski definition) is 4. The first-order valence-corrected chi connectivity index (χ1v) is 12.1. The van der Waals surface area contributed by atoms with Gasteiger partial charge in [0.15, 0.2) is 0 Å². The molecule has 0 bridgehead atoms. The van der Waals surface area contributed by atoms with Crippen molar-refractivity contribution in [1.29, 1.82) is 0 Å². The Morgan fingerprint density at radius 1 is 1.12 bits per heavy atom. The smallest absolute Gasteiger partial charge is 0.246 e. The molecule has 8 heteroatoms. The van der Waals surface area contributed by atoms with Crippen LogP contribution in [0, 0.1) is 5.92 Å². The Labute approximate surface area is 203 Å². The van der Waals surface area contributed by atoms with Gasteiger partial charge in [-0.3, -0.25) is 19.5 Å². The number of carbonyl (C=O) groups is 2. The molecule has 2 heterocycles. The SMILES string of the molecule is O=C(CN(C[C@H]1CCCO1)C(=O)C1CC1)Nc1nc(-c2ccccc2)cn1-c1cccc(Cl)c1. The van der Waals surface area contributed by atoms with E-state index < -0.39 is 0 Å². The topological polar surface area (TPSA) is 76.5 Å². The first-order chi connectivity index (χ1) is 16.6. The van der Waals surface area contributed by atoms with Crippen molar-refractivity contribution in [2.45, 2.75) is 31.8 Å². The molecule has 2 aromatic carbocycles. The zero-order valence-corrected chi connectivity index (χ0v) is 19.6. The summed E-state index contributed by atoms with van der Waals surface area (Å²) >= 11 is 6.22. The van der Waals surface area contributed by atoms with Crippen molar-refractivity contribution in [3.63, 3.8) is 0 Å². The summed E-state index contributed by atoms with van der Waals surface area (Å²) in [6.07, 6.45) is 5.55. The van der Waals surface area contributed by atoms with Crippen LogP contribution in [0.1, 0.15) is 25.7 Å². The first kappa shape index (κ1) is 22.6. The highest BCUT2D eigenvalue weighted by Crippen LogP contribution is 2.31. The van der Waals surface area contributed by atoms with Crippen LogP contribution in [0.25, 0.3) is 16.9 Å². The molecule has 34 heavy (non-hydrogen) atoms. The lowest BCUT2D eigenvalue weighted by atomic mass is 10.2. The quantitative estimate of drug-likeness (QED) is 0.515. The Kier molecular flexibility index (Phi) is 6.65. The standard InChI is InChI=1S/C26H27ClN4O3/c27-20-8-4-9-21(14-20)31-16-23(18-6-2-1-3-7-18)28-26(31)29-24(32)17-30(25(33)19-11-12-19)15-22-10-5-13-34-22/h1-4,6-9,14,16,19,22H,5,10-13,15,17H2,(H,28,29,32)/t22-/m1/s1. The number of rotatable bonds is 8. The van der Waals surface area contributed by atoms with Crippen LogP contribution in [-0.2, 0) is 14.3 Å². The fourth-order valence-electron chi connectivity index (χ4n) is 4.23. The van der Waals surface area contributed by atoms with E-state index in [1.165, 1.54) is 0 Å². The fourth-order valence-corrected chi connectivity index (χ4v) is 4.42. The third-order valence-electron chi connectivity index (χ3n) is 6.13. The third-order valence-corrected chi connectivity index (χ3v) is 6.37. The molecule has 0 spiro atoms. The van der Waals surface area contributed by atoms with E-state index in [-0.39, 0.29) is 30.4 Å². The number of imidazole rings is 1. The lowest BCUT2D eigenvalue weighted by molar-refractivity contribution is -0.137. The molecule has 2 aliphatic rings. The van der Waals surface area contributed by atoms with Gasteiger partial charge in [0.05, 0.1) is 11.8 Å². The normalized spacial score (nSPS) is 17.5. The lowest BCUT2D eigenvalue weighted by Crippen LogP contribution is -2.43. The molecule has 2 amide bonds. The molecule has 1 aliphatic heterocycles. The Morgan fingerprint density at radius 3 is 2.65 bits per heavy atom. The molecule has 1 aromatic heterocycles. The lowest BCUT2D eigenvalue weighted by Gasteiger charge is -2.25. The molecule has 1 atom stereocenters. The molecule has 1 saturated carbocycles. The van der Waals surface area contributed by atoms with Crippen LogP contribution in [0.15, 0.2) is 60.8 Å². The number of benzene rings is 2. The summed E-state index contributed by atoms with van der Waals surface area (Å²) in [5, 5.41) is 3.51. The van der Waals surface area contributed by atoms with Gasteiger partial charge in [-0.15, -0.1) is 0 Å². The van der Waals surface area contributed by atoms with Crippen molar-refractivity contribution in [3.8, 4) is 16.9 Å². The highest BCUT2D eigenvalue weighted by molar-refractivity contribution is 6.30. The molecular formula is C26H27ClN4O3. The molecule has 176 valence electrons. The Morgan fingerprint density at radius 2 is 1.94 bits per heavy atom. The summed E-state index contributed by atoms with van der Waals surface area (Å²) < 4.78 is 7.52. The minimum atomic E-state index is -0.291. The van der Waals surface area contributed by atoms with E-state index in [2.05, 4.69) is 10.3 Å². The second-order valence-corrected chi connectivity index (χ2v) is 9.28. The van der Waals surface area contributed by atoms with E-state index >= 15 is 0 Å². The first-order valence-electron chi connectivity index (χ1n) is 11.7. The summed E-state index contributed by atoms with van der Waals surface area (Å²) in [6, 6.07) is 17.1. The van der Waals surface area contributed by atoms with Gasteiger partial charge in [0.1, 0.15) is 6.54 Å². The molecular weight excluding hydrogens is 452 g/mol. The number of amides is 2. The van der Waals surface area contributed by atoms with E-state index in [1.807, 2.05) is 54.7 Å². The molecule has 1 saturated heterocycles. The van der Waals surface area contributed by atoms with Crippen LogP contribution in [-0.4, -0.2) is 52.1 Å². The van der Waals surface area contributed by atoms with Gasteiger partial charge < -0.3 is 9.64 Å². The number of halogens is 1. The monoisotopic (exact) mass is 478 g/mol. The number of anilines is 1. The van der Waals surface area contributed by atoms with Crippen LogP contribution in [0.3, 0.4) is 0 Å². The van der Waals surface area contributed by atoms with E-state index in [9.17, 15) is 9.59 Å². The summed E-state index contributed by atoms with van der Waals surface area (Å²) in [7, 11) is 0. The number of ether oxygens (including phenoxy) is 1. The zero-order valence-electron chi connectivity index (χ0n) is 18.8. The fraction of sp³-hybridized carbons (Fsp3) is 0.346. The molecule has 1 N–H and O–H groups in total. The van der Waals surface area contributed by atoms with E-state index in [0.29, 0.717) is 24.1 Å². The number of hydrogen-bond donors (Lipinski definition) is 1. The van der Waals surface area contributed by atoms with Gasteiger partial charge in [-0.05, 0) is 43.9 Å². The summed E-state index contributed by atoms with van der Waals surface area (Å²) in [5.41, 5.74) is 2.44. The number of carbonyl (C=O) groups excluding carboxylic acids is 2. The van der Waals surface area contributed by atoms with Crippen molar-refractivity contribution in [3.05, 3.63) is 65.8 Å². The van der Waals surface area contributed by atoms with Crippen molar-refractivity contribution in [2.24, 2.45) is 5.92 Å². The Bertz CT molecular complexity index is 1170. The maximum absolute atomic E-state index is 13.1. The van der Waals surface area contributed by atoms with Gasteiger partial charge in [-0.1, -0.05) is 48.0 Å². The minimum absolute atomic E-state index is 0.00590. The second-order valence-electron chi connectivity index (χ2n) is 8.84. The molecule has 7 nitrogen and oxygen atoms in total. The van der Waals surface area contributed by atoms with Crippen LogP contribution in [0.4, 0.5) is 5.95 Å². The summed E-state index contributed by atoms with van der Waals surface area (Å²) in [4.78, 5) is 32.3. The van der Waals surface area contributed by atoms with E-state index in [1.54, 1.807) is 15.5 Å². The van der Waals surface area contributed by atoms with Gasteiger partial charge >= 0.3 is 0 Å². The van der Waals surface area contributed by atoms with Crippen LogP contribution < -0.4 is 5.32 Å². The summed E-state index contributed by atoms with van der Waals surface area (Å²) in [6.45, 7) is 1.13. The van der Waals surface area contributed by atoms with Gasteiger partial charge in [0, 0.05) is 41.5 Å². The van der Waals surface area contributed by atoms with Crippen molar-refractivity contribution >= 4 is 29.4 Å². The molecule has 5 rings (SSSR count). The zero-order chi connectivity index (χ0) is 23.5. The van der Waals surface area contributed by atoms with Gasteiger partial charge in [0.2, 0.25) is 17.8 Å². The predicted molar refractivity (Wildman–Crippen MR) is 131 cm³/mol. The Hall–Kier alpha value is -3.16. The molecule has 2 fully saturated rings. The average Bonchev–Trinajstić information content (AvgIpc) is 3.41. The average molecular weight is 479 g/mol. The highest BCUT2D eigenvalue weighted by Gasteiger charge is 2.35. The van der Waals surface area contributed by atoms with E-state index in [4.69, 9.17) is 16.3 Å². The maximum atomic E-state index is 13.1. The third kappa shape index (κ3) is 5.32. The maximum Gasteiger partial charge on any atom is 0.246 e. The largest absolute Gasteiger partial charge is 0.376 e. The van der Waals surface area contributed by atoms with Gasteiger partial charge in [-0.25, -0.2) is 4.98 Å². The molecule has 0 radical (unpaired) electrons. The number of aromatic nitrogens is 2. The number of nitrogens with one attached hydrogen (secondary N) is 1. The van der Waals surface area contributed by atoms with Crippen molar-refractivity contribution in [1.82, 2.24) is 14.5 Å². The molecule has 3 aromatic rings. The van der Waals surface area contributed by atoms with Crippen LogP contribution in [0.5, 0.6) is 0 Å². The molecule has 1 aliphatic carbocycles. The van der Waals surface area contributed by atoms with Gasteiger partial charge in [-0.2, -0.15) is 0 Å². The minimum Gasteiger partial charge on any atom is -0.376 e. The van der Waals surface area contributed by atoms with Crippen LogP contribution >= 0.6 is 11.6 Å².